The Kier molecular flexibility index (Phi) is 5.33. The molecular formula is C10H10BrNO4S. The number of thiophene rings is 1. The lowest BCUT2D eigenvalue weighted by molar-refractivity contribution is -0.146. The number of carbonyl (C=O) groups is 2. The Hall–Kier alpha value is -1.18. The minimum absolute atomic E-state index is 0.313. The number of rotatable bonds is 5. The van der Waals surface area contributed by atoms with Gasteiger partial charge < -0.3 is 15.5 Å². The van der Waals surface area contributed by atoms with Crippen LogP contribution in [0.25, 0.3) is 6.08 Å². The van der Waals surface area contributed by atoms with E-state index in [1.165, 1.54) is 17.4 Å². The van der Waals surface area contributed by atoms with E-state index in [-0.39, 0.29) is 6.54 Å². The molecule has 0 radical (unpaired) electrons. The number of carboxylic acid groups (broad SMARTS) is 1. The van der Waals surface area contributed by atoms with Gasteiger partial charge in [-0.2, -0.15) is 0 Å². The monoisotopic (exact) mass is 319 g/mol. The van der Waals surface area contributed by atoms with Crippen LogP contribution in [0, 0.1) is 0 Å². The molecule has 1 atom stereocenters. The SMILES string of the molecule is O=C(C=Cc1ccc(Br)s1)NCC(O)C(=O)O. The van der Waals surface area contributed by atoms with Crippen molar-refractivity contribution < 1.29 is 19.8 Å². The molecule has 0 aliphatic rings. The average molecular weight is 320 g/mol. The fraction of sp³-hybridized carbons (Fsp3) is 0.200. The molecule has 17 heavy (non-hydrogen) atoms. The highest BCUT2D eigenvalue weighted by molar-refractivity contribution is 9.11. The molecule has 0 spiro atoms. The van der Waals surface area contributed by atoms with Gasteiger partial charge in [-0.05, 0) is 34.1 Å². The maximum Gasteiger partial charge on any atom is 0.334 e. The Morgan fingerprint density at radius 3 is 2.76 bits per heavy atom. The second-order valence-electron chi connectivity index (χ2n) is 3.07. The Balaban J connectivity index is 2.39. The number of hydrogen-bond acceptors (Lipinski definition) is 4. The van der Waals surface area contributed by atoms with Gasteiger partial charge in [0.1, 0.15) is 0 Å². The van der Waals surface area contributed by atoms with Gasteiger partial charge >= 0.3 is 5.97 Å². The summed E-state index contributed by atoms with van der Waals surface area (Å²) in [6, 6.07) is 3.70. The summed E-state index contributed by atoms with van der Waals surface area (Å²) in [5, 5.41) is 19.6. The van der Waals surface area contributed by atoms with Crippen LogP contribution in [0.1, 0.15) is 4.88 Å². The number of nitrogens with one attached hydrogen (secondary N) is 1. The van der Waals surface area contributed by atoms with E-state index in [2.05, 4.69) is 21.2 Å². The van der Waals surface area contributed by atoms with E-state index in [0.29, 0.717) is 0 Å². The molecule has 3 N–H and O–H groups in total. The fourth-order valence-electron chi connectivity index (χ4n) is 0.919. The van der Waals surface area contributed by atoms with Gasteiger partial charge in [0.15, 0.2) is 6.10 Å². The van der Waals surface area contributed by atoms with Gasteiger partial charge in [0.05, 0.1) is 10.3 Å². The van der Waals surface area contributed by atoms with Crippen molar-refractivity contribution in [1.29, 1.82) is 0 Å². The third-order valence-corrected chi connectivity index (χ3v) is 3.34. The number of aliphatic hydroxyl groups is 1. The van der Waals surface area contributed by atoms with Crippen LogP contribution >= 0.6 is 27.3 Å². The normalized spacial score (nSPS) is 12.6. The second kappa shape index (κ2) is 6.53. The maximum absolute atomic E-state index is 11.2. The van der Waals surface area contributed by atoms with E-state index in [0.717, 1.165) is 8.66 Å². The summed E-state index contributed by atoms with van der Waals surface area (Å²) < 4.78 is 0.957. The summed E-state index contributed by atoms with van der Waals surface area (Å²) in [6.07, 6.45) is 1.31. The molecule has 0 saturated carbocycles. The number of hydrogen-bond donors (Lipinski definition) is 3. The van der Waals surface area contributed by atoms with Crippen molar-refractivity contribution in [2.45, 2.75) is 6.10 Å². The van der Waals surface area contributed by atoms with E-state index in [1.54, 1.807) is 6.08 Å². The van der Waals surface area contributed by atoms with Crippen LogP contribution < -0.4 is 5.32 Å². The Morgan fingerprint density at radius 1 is 1.53 bits per heavy atom. The molecule has 92 valence electrons. The predicted octanol–water partition coefficient (Wildman–Crippen LogP) is 1.09. The molecule has 5 nitrogen and oxygen atoms in total. The summed E-state index contributed by atoms with van der Waals surface area (Å²) in [4.78, 5) is 22.4. The molecule has 7 heteroatoms. The van der Waals surface area contributed by atoms with Crippen molar-refractivity contribution in [2.24, 2.45) is 0 Å². The zero-order chi connectivity index (χ0) is 12.8. The van der Waals surface area contributed by atoms with Crippen molar-refractivity contribution in [1.82, 2.24) is 5.32 Å². The van der Waals surface area contributed by atoms with Crippen LogP contribution in [-0.4, -0.2) is 34.7 Å². The quantitative estimate of drug-likeness (QED) is 0.709. The van der Waals surface area contributed by atoms with Gasteiger partial charge in [-0.25, -0.2) is 4.79 Å². The van der Waals surface area contributed by atoms with Crippen LogP contribution in [0.3, 0.4) is 0 Å². The first-order valence-corrected chi connectivity index (χ1v) is 6.22. The molecule has 1 unspecified atom stereocenters. The maximum atomic E-state index is 11.2. The number of carbonyl (C=O) groups excluding carboxylic acids is 1. The highest BCUT2D eigenvalue weighted by atomic mass is 79.9. The van der Waals surface area contributed by atoms with Gasteiger partial charge in [0.25, 0.3) is 0 Å². The minimum Gasteiger partial charge on any atom is -0.479 e. The number of aliphatic hydroxyl groups excluding tert-OH is 1. The number of halogens is 1. The Labute approximate surface area is 110 Å². The number of aliphatic carboxylic acids is 1. The summed E-state index contributed by atoms with van der Waals surface area (Å²) in [5.41, 5.74) is 0. The summed E-state index contributed by atoms with van der Waals surface area (Å²) >= 11 is 4.76. The van der Waals surface area contributed by atoms with E-state index in [1.807, 2.05) is 12.1 Å². The zero-order valence-corrected chi connectivity index (χ0v) is 11.0. The molecule has 0 aliphatic carbocycles. The zero-order valence-electron chi connectivity index (χ0n) is 8.59. The molecule has 1 aromatic heterocycles. The summed E-state index contributed by atoms with van der Waals surface area (Å²) in [7, 11) is 0. The molecule has 1 aromatic rings. The van der Waals surface area contributed by atoms with E-state index in [9.17, 15) is 9.59 Å². The van der Waals surface area contributed by atoms with Gasteiger partial charge in [-0.15, -0.1) is 11.3 Å². The average Bonchev–Trinajstić information content (AvgIpc) is 2.69. The molecule has 1 heterocycles. The lowest BCUT2D eigenvalue weighted by atomic mass is 10.3. The topological polar surface area (TPSA) is 86.6 Å². The molecule has 1 rings (SSSR count). The lowest BCUT2D eigenvalue weighted by Crippen LogP contribution is -2.35. The predicted molar refractivity (Wildman–Crippen MR) is 67.7 cm³/mol. The third-order valence-electron chi connectivity index (χ3n) is 1.75. The Bertz CT molecular complexity index is 443. The highest BCUT2D eigenvalue weighted by Crippen LogP contribution is 2.22. The van der Waals surface area contributed by atoms with Crippen LogP contribution in [0.15, 0.2) is 22.0 Å². The summed E-state index contributed by atoms with van der Waals surface area (Å²) in [5.74, 6) is -1.81. The molecule has 0 aliphatic heterocycles. The molecule has 0 saturated heterocycles. The summed E-state index contributed by atoms with van der Waals surface area (Å²) in [6.45, 7) is -0.313. The molecule has 1 amide bonds. The van der Waals surface area contributed by atoms with Crippen molar-refractivity contribution in [3.8, 4) is 0 Å². The first-order chi connectivity index (χ1) is 7.99. The van der Waals surface area contributed by atoms with Gasteiger partial charge in [-0.3, -0.25) is 4.79 Å². The first kappa shape index (κ1) is 13.9. The fourth-order valence-corrected chi connectivity index (χ4v) is 2.25. The van der Waals surface area contributed by atoms with Crippen molar-refractivity contribution in [3.63, 3.8) is 0 Å². The van der Waals surface area contributed by atoms with Gasteiger partial charge in [0, 0.05) is 11.0 Å². The number of carboxylic acids is 1. The largest absolute Gasteiger partial charge is 0.479 e. The molecule has 0 aromatic carbocycles. The minimum atomic E-state index is -1.58. The van der Waals surface area contributed by atoms with Crippen LogP contribution in [0.4, 0.5) is 0 Å². The van der Waals surface area contributed by atoms with E-state index < -0.39 is 18.0 Å². The Morgan fingerprint density at radius 2 is 2.24 bits per heavy atom. The van der Waals surface area contributed by atoms with E-state index >= 15 is 0 Å². The van der Waals surface area contributed by atoms with Crippen molar-refractivity contribution in [2.75, 3.05) is 6.54 Å². The van der Waals surface area contributed by atoms with Crippen LogP contribution in [0.5, 0.6) is 0 Å². The van der Waals surface area contributed by atoms with Crippen LogP contribution in [-0.2, 0) is 9.59 Å². The van der Waals surface area contributed by atoms with Crippen molar-refractivity contribution >= 4 is 45.2 Å². The van der Waals surface area contributed by atoms with Crippen molar-refractivity contribution in [3.05, 3.63) is 26.9 Å². The standard InChI is InChI=1S/C10H10BrNO4S/c11-8-3-1-6(17-8)2-4-9(14)12-5-7(13)10(15)16/h1-4,7,13H,5H2,(H,12,14)(H,15,16). The molecular weight excluding hydrogens is 310 g/mol. The molecule has 0 fully saturated rings. The first-order valence-electron chi connectivity index (χ1n) is 4.61. The smallest absolute Gasteiger partial charge is 0.334 e. The lowest BCUT2D eigenvalue weighted by Gasteiger charge is -2.04. The van der Waals surface area contributed by atoms with Gasteiger partial charge in [0.2, 0.25) is 5.91 Å². The highest BCUT2D eigenvalue weighted by Gasteiger charge is 2.12. The second-order valence-corrected chi connectivity index (χ2v) is 5.57. The van der Waals surface area contributed by atoms with Gasteiger partial charge in [-0.1, -0.05) is 0 Å². The third kappa shape index (κ3) is 5.12. The number of amides is 1. The van der Waals surface area contributed by atoms with Crippen LogP contribution in [0.2, 0.25) is 0 Å². The molecule has 0 bridgehead atoms. The van der Waals surface area contributed by atoms with E-state index in [4.69, 9.17) is 10.2 Å².